The van der Waals surface area contributed by atoms with Crippen LogP contribution >= 0.6 is 0 Å². The number of fused-ring (bicyclic) bond motifs is 1. The maximum Gasteiger partial charge on any atom is 0.106 e. The highest BCUT2D eigenvalue weighted by Crippen LogP contribution is 2.31. The molecular weight excluding hydrogens is 371 g/mol. The van der Waals surface area contributed by atoms with Gasteiger partial charge in [0, 0.05) is 16.5 Å². The van der Waals surface area contributed by atoms with E-state index < -0.39 is 0 Å². The Hall–Kier alpha value is -1.33. The molecule has 0 saturated heterocycles. The maximum absolute atomic E-state index is 3.59. The van der Waals surface area contributed by atoms with Gasteiger partial charge in [-0.1, -0.05) is 48.5 Å². The first-order chi connectivity index (χ1) is 9.54. The van der Waals surface area contributed by atoms with Crippen molar-refractivity contribution >= 4 is 10.9 Å². The van der Waals surface area contributed by atoms with Crippen LogP contribution in [0.2, 0.25) is 0 Å². The Balaban J connectivity index is 0.00000161. The second-order valence-electron chi connectivity index (χ2n) is 6.34. The van der Waals surface area contributed by atoms with Gasteiger partial charge in [-0.25, -0.2) is 0 Å². The highest BCUT2D eigenvalue weighted by Gasteiger charge is 2.18. The molecule has 3 heteroatoms. The van der Waals surface area contributed by atoms with Crippen molar-refractivity contribution in [3.05, 3.63) is 60.2 Å². The summed E-state index contributed by atoms with van der Waals surface area (Å²) in [6.07, 6.45) is 0. The largest absolute Gasteiger partial charge is 1.00 e. The zero-order valence-corrected chi connectivity index (χ0v) is 14.9. The van der Waals surface area contributed by atoms with E-state index in [9.17, 15) is 0 Å². The summed E-state index contributed by atoms with van der Waals surface area (Å²) in [6, 6.07) is 19.2. The van der Waals surface area contributed by atoms with Crippen molar-refractivity contribution in [2.75, 3.05) is 21.1 Å². The summed E-state index contributed by atoms with van der Waals surface area (Å²) in [7, 11) is 6.70. The number of aromatic nitrogens is 1. The maximum atomic E-state index is 3.59. The molecule has 0 aliphatic heterocycles. The molecule has 0 aliphatic rings. The van der Waals surface area contributed by atoms with Crippen molar-refractivity contribution in [1.29, 1.82) is 0 Å². The number of benzene rings is 2. The van der Waals surface area contributed by atoms with E-state index in [1.54, 1.807) is 0 Å². The van der Waals surface area contributed by atoms with Gasteiger partial charge in [0.25, 0.3) is 0 Å². The summed E-state index contributed by atoms with van der Waals surface area (Å²) in [6.45, 7) is 1.01. The van der Waals surface area contributed by atoms with Crippen molar-refractivity contribution in [3.8, 4) is 11.3 Å². The first-order valence-corrected chi connectivity index (χ1v) is 7.00. The number of H-pyrrole nitrogens is 1. The third kappa shape index (κ3) is 3.47. The van der Waals surface area contributed by atoms with Crippen molar-refractivity contribution in [1.82, 2.24) is 4.98 Å². The Labute approximate surface area is 143 Å². The van der Waals surface area contributed by atoms with Gasteiger partial charge in [0.15, 0.2) is 0 Å². The molecule has 0 unspecified atom stereocenters. The lowest BCUT2D eigenvalue weighted by molar-refractivity contribution is -0.883. The molecule has 110 valence electrons. The molecule has 2 aromatic carbocycles. The molecule has 0 atom stereocenters. The minimum Gasteiger partial charge on any atom is -1.00 e. The van der Waals surface area contributed by atoms with Gasteiger partial charge in [0.1, 0.15) is 6.54 Å². The monoisotopic (exact) mass is 392 g/mol. The quantitative estimate of drug-likeness (QED) is 0.507. The standard InChI is InChI=1S/C18H21N2.HI/c1-20(2,3)13-16-15-11-7-8-12-17(15)19-18(16)14-9-5-4-6-10-14;/h4-12,19H,13H2,1-3H3;1H/q+1;/p-1. The zero-order chi connectivity index (χ0) is 14.2. The third-order valence-electron chi connectivity index (χ3n) is 3.51. The molecule has 0 bridgehead atoms. The Morgan fingerprint density at radius 2 is 1.48 bits per heavy atom. The van der Waals surface area contributed by atoms with E-state index in [1.807, 2.05) is 0 Å². The smallest absolute Gasteiger partial charge is 0.106 e. The highest BCUT2D eigenvalue weighted by atomic mass is 127. The zero-order valence-electron chi connectivity index (χ0n) is 12.7. The lowest BCUT2D eigenvalue weighted by Crippen LogP contribution is -3.00. The summed E-state index contributed by atoms with van der Waals surface area (Å²) in [4.78, 5) is 3.59. The van der Waals surface area contributed by atoms with E-state index in [2.05, 4.69) is 80.7 Å². The highest BCUT2D eigenvalue weighted by molar-refractivity contribution is 5.90. The van der Waals surface area contributed by atoms with E-state index in [1.165, 1.54) is 27.7 Å². The molecule has 0 aliphatic carbocycles. The Morgan fingerprint density at radius 1 is 0.857 bits per heavy atom. The topological polar surface area (TPSA) is 15.8 Å². The molecule has 0 saturated carbocycles. The van der Waals surface area contributed by atoms with Crippen LogP contribution < -0.4 is 24.0 Å². The van der Waals surface area contributed by atoms with E-state index >= 15 is 0 Å². The lowest BCUT2D eigenvalue weighted by atomic mass is 10.0. The molecule has 1 aromatic heterocycles. The van der Waals surface area contributed by atoms with E-state index in [0.717, 1.165) is 11.0 Å². The number of aromatic amines is 1. The fraction of sp³-hybridized carbons (Fsp3) is 0.222. The minimum atomic E-state index is 0. The van der Waals surface area contributed by atoms with Crippen LogP contribution in [0.25, 0.3) is 22.2 Å². The average molecular weight is 392 g/mol. The molecule has 2 nitrogen and oxygen atoms in total. The predicted molar refractivity (Wildman–Crippen MR) is 85.5 cm³/mol. The molecule has 0 amide bonds. The Morgan fingerprint density at radius 3 is 2.14 bits per heavy atom. The van der Waals surface area contributed by atoms with Crippen molar-refractivity contribution in [3.63, 3.8) is 0 Å². The van der Waals surface area contributed by atoms with Gasteiger partial charge < -0.3 is 33.4 Å². The van der Waals surface area contributed by atoms with E-state index in [4.69, 9.17) is 0 Å². The van der Waals surface area contributed by atoms with Crippen molar-refractivity contribution in [2.24, 2.45) is 0 Å². The van der Waals surface area contributed by atoms with Crippen molar-refractivity contribution < 1.29 is 28.5 Å². The average Bonchev–Trinajstić information content (AvgIpc) is 2.77. The first kappa shape index (κ1) is 16.0. The Bertz CT molecular complexity index is 724. The molecule has 3 aromatic rings. The second kappa shape index (κ2) is 6.20. The fourth-order valence-corrected chi connectivity index (χ4v) is 2.69. The second-order valence-corrected chi connectivity index (χ2v) is 6.34. The third-order valence-corrected chi connectivity index (χ3v) is 3.51. The molecule has 1 N–H and O–H groups in total. The van der Waals surface area contributed by atoms with Gasteiger partial charge in [-0.3, -0.25) is 0 Å². The fourth-order valence-electron chi connectivity index (χ4n) is 2.69. The molecule has 0 spiro atoms. The molecule has 21 heavy (non-hydrogen) atoms. The van der Waals surface area contributed by atoms with Gasteiger partial charge in [-0.15, -0.1) is 0 Å². The van der Waals surface area contributed by atoms with Crippen LogP contribution in [-0.2, 0) is 6.54 Å². The van der Waals surface area contributed by atoms with Crippen LogP contribution in [-0.4, -0.2) is 30.6 Å². The number of hydrogen-bond donors (Lipinski definition) is 1. The minimum absolute atomic E-state index is 0. The SMILES string of the molecule is C[N+](C)(C)Cc1c(-c2ccccc2)[nH]c2ccccc12.[I-]. The van der Waals surface area contributed by atoms with Crippen LogP contribution in [0.1, 0.15) is 5.56 Å². The van der Waals surface area contributed by atoms with Crippen molar-refractivity contribution in [2.45, 2.75) is 6.54 Å². The van der Waals surface area contributed by atoms with Gasteiger partial charge in [-0.05, 0) is 11.6 Å². The normalized spacial score (nSPS) is 11.4. The van der Waals surface area contributed by atoms with Gasteiger partial charge in [0.05, 0.1) is 26.8 Å². The van der Waals surface area contributed by atoms with Gasteiger partial charge in [-0.2, -0.15) is 0 Å². The molecule has 3 rings (SSSR count). The Kier molecular flexibility index (Phi) is 4.74. The number of nitrogens with zero attached hydrogens (tertiary/aromatic N) is 1. The number of rotatable bonds is 3. The summed E-state index contributed by atoms with van der Waals surface area (Å²) in [5.41, 5.74) is 5.13. The van der Waals surface area contributed by atoms with E-state index in [0.29, 0.717) is 0 Å². The van der Waals surface area contributed by atoms with Crippen LogP contribution in [0, 0.1) is 0 Å². The van der Waals surface area contributed by atoms with E-state index in [-0.39, 0.29) is 24.0 Å². The number of hydrogen-bond acceptors (Lipinski definition) is 0. The molecule has 1 heterocycles. The molecular formula is C18H21IN2. The summed E-state index contributed by atoms with van der Waals surface area (Å²) in [5, 5.41) is 1.33. The van der Waals surface area contributed by atoms with Crippen LogP contribution in [0.5, 0.6) is 0 Å². The predicted octanol–water partition coefficient (Wildman–Crippen LogP) is 1.05. The number of halogens is 1. The summed E-state index contributed by atoms with van der Waals surface area (Å²) < 4.78 is 0.918. The van der Waals surface area contributed by atoms with Crippen LogP contribution in [0.4, 0.5) is 0 Å². The van der Waals surface area contributed by atoms with Crippen LogP contribution in [0.3, 0.4) is 0 Å². The van der Waals surface area contributed by atoms with Gasteiger partial charge >= 0.3 is 0 Å². The lowest BCUT2D eigenvalue weighted by Gasteiger charge is -2.24. The number of nitrogens with one attached hydrogen (secondary N) is 1. The first-order valence-electron chi connectivity index (χ1n) is 7.00. The summed E-state index contributed by atoms with van der Waals surface area (Å²) >= 11 is 0. The van der Waals surface area contributed by atoms with Gasteiger partial charge in [0.2, 0.25) is 0 Å². The summed E-state index contributed by atoms with van der Waals surface area (Å²) in [5.74, 6) is 0. The molecule has 0 radical (unpaired) electrons. The van der Waals surface area contributed by atoms with Crippen LogP contribution in [0.15, 0.2) is 54.6 Å². The number of para-hydroxylation sites is 1. The number of quaternary nitrogens is 1. The molecule has 0 fully saturated rings.